The Morgan fingerprint density at radius 1 is 0.309 bits per heavy atom. The zero-order valence-electron chi connectivity index (χ0n) is 70.8. The quantitative estimate of drug-likeness (QED) is 0.105. The Morgan fingerprint density at radius 2 is 0.757 bits per heavy atom. The molecule has 0 unspecified atom stereocenters. The van der Waals surface area contributed by atoms with Gasteiger partial charge in [-0.25, -0.2) is 24.9 Å². The number of hydrogen-bond acceptors (Lipinski definition) is 9. The number of aliphatic imine (C=N–C) groups is 2. The van der Waals surface area contributed by atoms with E-state index in [4.69, 9.17) is 33.8 Å². The fourth-order valence-electron chi connectivity index (χ4n) is 18.9. The number of fused-ring (bicyclic) bond motifs is 12. The molecule has 2 aliphatic rings. The van der Waals surface area contributed by atoms with Crippen LogP contribution in [0.4, 0.5) is 58.4 Å². The Kier molecular flexibility index (Phi) is 19.6. The summed E-state index contributed by atoms with van der Waals surface area (Å²) >= 11 is 0. The number of para-hydroxylation sites is 5. The third-order valence-corrected chi connectivity index (χ3v) is 25.2. The number of nitriles is 1. The minimum absolute atomic E-state index is 0.00794. The Morgan fingerprint density at radius 3 is 1.29 bits per heavy atom. The van der Waals surface area contributed by atoms with E-state index < -0.39 is 58.1 Å². The number of halogens is 12. The monoisotopic (exact) mass is 1810 g/mol. The van der Waals surface area contributed by atoms with Crippen molar-refractivity contribution in [2.75, 3.05) is 4.90 Å². The van der Waals surface area contributed by atoms with Gasteiger partial charge in [0.2, 0.25) is 0 Å². The van der Waals surface area contributed by atoms with E-state index in [1.54, 1.807) is 16.7 Å². The molecule has 16 aromatic carbocycles. The number of nitrogens with zero attached hydrogens (tertiary/aromatic N) is 9. The number of rotatable bonds is 13. The van der Waals surface area contributed by atoms with Crippen molar-refractivity contribution >= 4 is 105 Å². The van der Waals surface area contributed by atoms with Crippen molar-refractivity contribution in [3.8, 4) is 107 Å². The van der Waals surface area contributed by atoms with E-state index >= 15 is 26.3 Å². The number of alkyl halides is 12. The standard InChI is InChI=1S/C113H63F12N9O2/c114-110(115,116)74-44-48-78(92(61-74)112(120,121)122)68-40-51-95-88(56-68)89-57-69(79-49-45-75(111(117,118)119)62-93(79)113(123,124)125)41-52-96(89)133(95)97-53-42-71(81-33-20-35-87-85-31-15-18-38-101(85)136-103(81)87)59-91(97)107-130-108(66-25-9-3-10-26-66)132(109(131-107)67-27-11-4-12-28-67)76-46-50-77(73(55-76)63-126)72-39-47-83-82-29-13-16-36-94(82)134(99(83)60-72)98-54-43-70(80-32-19-34-86-84-30-14-17-37-100(84)135-102(80)86)58-90(98)106-128-104(64-21-5-1-6-22-64)127-105(129-106)65-23-7-2-8-24-65/h1-27,29-62H,28H2. The van der Waals surface area contributed by atoms with Gasteiger partial charge in [0, 0.05) is 82.0 Å². The highest BCUT2D eigenvalue weighted by Crippen LogP contribution is 2.51. The average molecular weight is 1810 g/mol. The second-order valence-electron chi connectivity index (χ2n) is 33.2. The summed E-state index contributed by atoms with van der Waals surface area (Å²) in [6.07, 6.45) is -13.1. The normalized spacial score (nSPS) is 13.9. The molecule has 0 spiro atoms. The van der Waals surface area contributed by atoms with E-state index in [-0.39, 0.29) is 67.7 Å². The number of anilines is 1. The van der Waals surface area contributed by atoms with Gasteiger partial charge >= 0.3 is 24.7 Å². The van der Waals surface area contributed by atoms with Crippen LogP contribution in [0.1, 0.15) is 45.4 Å². The van der Waals surface area contributed by atoms with Gasteiger partial charge in [0.25, 0.3) is 0 Å². The highest BCUT2D eigenvalue weighted by Gasteiger charge is 2.42. The molecular formula is C113H63F12N9O2. The van der Waals surface area contributed by atoms with E-state index in [9.17, 15) is 31.6 Å². The molecule has 0 bridgehead atoms. The predicted octanol–water partition coefficient (Wildman–Crippen LogP) is 31.6. The predicted molar refractivity (Wildman–Crippen MR) is 510 cm³/mol. The van der Waals surface area contributed by atoms with Crippen LogP contribution in [-0.4, -0.2) is 35.8 Å². The molecule has 0 atom stereocenters. The van der Waals surface area contributed by atoms with Crippen LogP contribution in [0.15, 0.2) is 400 Å². The third kappa shape index (κ3) is 14.4. The van der Waals surface area contributed by atoms with Crippen LogP contribution in [-0.2, 0) is 24.7 Å². The van der Waals surface area contributed by atoms with Gasteiger partial charge in [0.15, 0.2) is 23.3 Å². The molecule has 0 saturated heterocycles. The number of hydrogen-bond donors (Lipinski definition) is 0. The van der Waals surface area contributed by atoms with Crippen LogP contribution >= 0.6 is 0 Å². The maximum absolute atomic E-state index is 15.4. The molecule has 0 fully saturated rings. The highest BCUT2D eigenvalue weighted by atomic mass is 19.4. The van der Waals surface area contributed by atoms with Crippen molar-refractivity contribution in [2.45, 2.75) is 31.1 Å². The smallest absolute Gasteiger partial charge is 0.417 e. The summed E-state index contributed by atoms with van der Waals surface area (Å²) < 4.78 is 196. The summed E-state index contributed by atoms with van der Waals surface area (Å²) in [4.78, 5) is 29.1. The van der Waals surface area contributed by atoms with Crippen molar-refractivity contribution in [3.63, 3.8) is 0 Å². The van der Waals surface area contributed by atoms with E-state index in [2.05, 4.69) is 59.2 Å². The minimum Gasteiger partial charge on any atom is -0.455 e. The van der Waals surface area contributed by atoms with Gasteiger partial charge in [-0.3, -0.25) is 4.90 Å². The Balaban J connectivity index is 0.719. The first kappa shape index (κ1) is 83.1. The second kappa shape index (κ2) is 32.1. The van der Waals surface area contributed by atoms with Crippen LogP contribution < -0.4 is 4.90 Å². The molecule has 11 nitrogen and oxygen atoms in total. The van der Waals surface area contributed by atoms with Crippen LogP contribution in [0.2, 0.25) is 0 Å². The maximum Gasteiger partial charge on any atom is 0.417 e. The first-order valence-electron chi connectivity index (χ1n) is 43.2. The first-order chi connectivity index (χ1) is 65.9. The summed E-state index contributed by atoms with van der Waals surface area (Å²) in [6, 6.07) is 101. The van der Waals surface area contributed by atoms with E-state index in [1.807, 2.05) is 242 Å². The largest absolute Gasteiger partial charge is 0.455 e. The lowest BCUT2D eigenvalue weighted by atomic mass is 9.94. The maximum atomic E-state index is 15.4. The molecule has 656 valence electrons. The summed E-state index contributed by atoms with van der Waals surface area (Å²) in [7, 11) is 0. The van der Waals surface area contributed by atoms with Crippen molar-refractivity contribution in [1.29, 1.82) is 5.26 Å². The molecule has 23 heteroatoms. The number of furan rings is 2. The third-order valence-electron chi connectivity index (χ3n) is 25.2. The molecule has 6 heterocycles. The molecule has 21 aromatic rings. The number of allylic oxidation sites excluding steroid dienone is 5. The molecule has 136 heavy (non-hydrogen) atoms. The van der Waals surface area contributed by atoms with Crippen molar-refractivity contribution in [2.24, 2.45) is 9.98 Å². The molecule has 0 amide bonds. The zero-order valence-corrected chi connectivity index (χ0v) is 70.8. The fourth-order valence-corrected chi connectivity index (χ4v) is 18.9. The number of aromatic nitrogens is 5. The lowest BCUT2D eigenvalue weighted by molar-refractivity contribution is -0.144. The molecule has 0 N–H and O–H groups in total. The Bertz CT molecular complexity index is 8600. The van der Waals surface area contributed by atoms with Gasteiger partial charge in [-0.2, -0.15) is 57.9 Å². The molecule has 0 saturated carbocycles. The van der Waals surface area contributed by atoms with Crippen LogP contribution in [0.25, 0.3) is 189 Å². The lowest BCUT2D eigenvalue weighted by Gasteiger charge is -2.32. The molecule has 23 rings (SSSR count). The molecular weight excluding hydrogens is 1740 g/mol. The zero-order chi connectivity index (χ0) is 92.8. The number of amidine groups is 2. The average Bonchev–Trinajstić information content (AvgIpc) is 1.54. The Labute approximate surface area is 765 Å². The van der Waals surface area contributed by atoms with Crippen LogP contribution in [0.3, 0.4) is 0 Å². The second-order valence-corrected chi connectivity index (χ2v) is 33.2. The van der Waals surface area contributed by atoms with Crippen molar-refractivity contribution < 1.29 is 61.5 Å². The number of benzene rings is 16. The van der Waals surface area contributed by atoms with Gasteiger partial charge in [0.1, 0.15) is 34.0 Å². The summed E-state index contributed by atoms with van der Waals surface area (Å²) in [5.74, 6) is 2.03. The molecule has 0 radical (unpaired) electrons. The minimum atomic E-state index is -5.36. The van der Waals surface area contributed by atoms with E-state index in [0.717, 1.165) is 76.9 Å². The van der Waals surface area contributed by atoms with Gasteiger partial charge in [-0.15, -0.1) is 0 Å². The molecule has 1 aliphatic heterocycles. The lowest BCUT2D eigenvalue weighted by Crippen LogP contribution is -2.36. The highest BCUT2D eigenvalue weighted by molar-refractivity contribution is 6.24. The van der Waals surface area contributed by atoms with Gasteiger partial charge < -0.3 is 18.0 Å². The van der Waals surface area contributed by atoms with Gasteiger partial charge in [-0.05, 0) is 166 Å². The van der Waals surface area contributed by atoms with Crippen molar-refractivity contribution in [3.05, 3.63) is 420 Å². The molecule has 5 aromatic heterocycles. The summed E-state index contributed by atoms with van der Waals surface area (Å²) in [5.41, 5.74) is 5.93. The topological polar surface area (TPSA) is 127 Å². The van der Waals surface area contributed by atoms with Crippen LogP contribution in [0, 0.1) is 11.3 Å². The first-order valence-corrected chi connectivity index (χ1v) is 43.2. The van der Waals surface area contributed by atoms with Crippen LogP contribution in [0.5, 0.6) is 0 Å². The van der Waals surface area contributed by atoms with Crippen molar-refractivity contribution in [1.82, 2.24) is 24.1 Å². The fraction of sp³-hybridized carbons (Fsp3) is 0.0442. The molecule has 1 aliphatic carbocycles. The summed E-state index contributed by atoms with van der Waals surface area (Å²) in [6.45, 7) is 0. The SMILES string of the molecule is N#Cc1cc(N2C(c3ccccc3)=NC(c3cc(-c4cccc5c4oc4ccccc45)ccc3-n3c4ccc(-c5ccc(C(F)(F)F)cc5C(F)(F)F)cc4c4cc(-c5ccc(C(F)(F)F)cc5C(F)(F)F)ccc43)=NC2=C2C=CC=CC2)ccc1-c1ccc2c3ccccc3n(-c3ccc(-c4cccc5c4oc4ccccc45)cc3-c3nc(-c4ccccc4)nc(-c4ccccc4)n3)c2c1. The van der Waals surface area contributed by atoms with E-state index in [0.29, 0.717) is 121 Å². The summed E-state index contributed by atoms with van der Waals surface area (Å²) in [5, 5.41) is 17.4. The van der Waals surface area contributed by atoms with E-state index in [1.165, 1.54) is 36.4 Å². The Hall–Kier alpha value is -17.3. The van der Waals surface area contributed by atoms with Gasteiger partial charge in [-0.1, -0.05) is 261 Å². The van der Waals surface area contributed by atoms with Gasteiger partial charge in [0.05, 0.1) is 73.0 Å².